The summed E-state index contributed by atoms with van der Waals surface area (Å²) in [7, 11) is 1.65. The van der Waals surface area contributed by atoms with Gasteiger partial charge >= 0.3 is 0 Å². The second kappa shape index (κ2) is 5.16. The molecule has 88 valence electrons. The molecule has 0 atom stereocenters. The van der Waals surface area contributed by atoms with Crippen molar-refractivity contribution in [3.8, 4) is 0 Å². The third-order valence-electron chi connectivity index (χ3n) is 2.47. The number of anilines is 1. The van der Waals surface area contributed by atoms with Gasteiger partial charge in [0, 0.05) is 20.1 Å². The maximum atomic E-state index is 11.7. The van der Waals surface area contributed by atoms with Crippen molar-refractivity contribution in [1.82, 2.24) is 5.32 Å². The Morgan fingerprint density at radius 1 is 1.56 bits per heavy atom. The SMILES string of the molecule is CNC(=O)c1sc(Br)cc1N1CCOCC1. The maximum absolute atomic E-state index is 11.7. The Kier molecular flexibility index (Phi) is 3.83. The predicted molar refractivity (Wildman–Crippen MR) is 68.4 cm³/mol. The van der Waals surface area contributed by atoms with Gasteiger partial charge in [0.05, 0.1) is 22.7 Å². The van der Waals surface area contributed by atoms with E-state index in [-0.39, 0.29) is 5.91 Å². The van der Waals surface area contributed by atoms with Crippen molar-refractivity contribution < 1.29 is 9.53 Å². The van der Waals surface area contributed by atoms with Gasteiger partial charge in [-0.25, -0.2) is 0 Å². The van der Waals surface area contributed by atoms with E-state index in [1.54, 1.807) is 7.05 Å². The molecule has 1 aliphatic heterocycles. The van der Waals surface area contributed by atoms with E-state index < -0.39 is 0 Å². The Labute approximate surface area is 107 Å². The van der Waals surface area contributed by atoms with Gasteiger partial charge in [-0.3, -0.25) is 4.79 Å². The summed E-state index contributed by atoms with van der Waals surface area (Å²) in [5.41, 5.74) is 1.000. The first-order valence-electron chi connectivity index (χ1n) is 5.06. The predicted octanol–water partition coefficient (Wildman–Crippen LogP) is 1.71. The topological polar surface area (TPSA) is 41.6 Å². The van der Waals surface area contributed by atoms with E-state index >= 15 is 0 Å². The number of nitrogens with one attached hydrogen (secondary N) is 1. The highest BCUT2D eigenvalue weighted by atomic mass is 79.9. The Hall–Kier alpha value is -0.590. The van der Waals surface area contributed by atoms with Crippen LogP contribution >= 0.6 is 27.3 Å². The molecular weight excluding hydrogens is 292 g/mol. The summed E-state index contributed by atoms with van der Waals surface area (Å²) >= 11 is 4.89. The van der Waals surface area contributed by atoms with Gasteiger partial charge in [-0.1, -0.05) is 0 Å². The van der Waals surface area contributed by atoms with Crippen LogP contribution in [0.2, 0.25) is 0 Å². The normalized spacial score (nSPS) is 16.2. The highest BCUT2D eigenvalue weighted by molar-refractivity contribution is 9.11. The summed E-state index contributed by atoms with van der Waals surface area (Å²) in [6.07, 6.45) is 0. The third kappa shape index (κ3) is 2.39. The van der Waals surface area contributed by atoms with E-state index in [2.05, 4.69) is 26.1 Å². The Morgan fingerprint density at radius 3 is 2.88 bits per heavy atom. The van der Waals surface area contributed by atoms with Crippen LogP contribution in [0.15, 0.2) is 9.85 Å². The molecule has 4 nitrogen and oxygen atoms in total. The molecule has 1 aliphatic rings. The number of rotatable bonds is 2. The van der Waals surface area contributed by atoms with Crippen LogP contribution in [0.5, 0.6) is 0 Å². The molecule has 0 spiro atoms. The fraction of sp³-hybridized carbons (Fsp3) is 0.500. The highest BCUT2D eigenvalue weighted by Gasteiger charge is 2.21. The van der Waals surface area contributed by atoms with Gasteiger partial charge in [-0.15, -0.1) is 11.3 Å². The number of morpholine rings is 1. The van der Waals surface area contributed by atoms with Gasteiger partial charge in [0.15, 0.2) is 0 Å². The van der Waals surface area contributed by atoms with Crippen molar-refractivity contribution in [2.24, 2.45) is 0 Å². The third-order valence-corrected chi connectivity index (χ3v) is 4.09. The summed E-state index contributed by atoms with van der Waals surface area (Å²) in [4.78, 5) is 14.7. The van der Waals surface area contributed by atoms with Gasteiger partial charge in [0.25, 0.3) is 5.91 Å². The molecule has 0 unspecified atom stereocenters. The number of thiophene rings is 1. The maximum Gasteiger partial charge on any atom is 0.263 e. The number of hydrogen-bond donors (Lipinski definition) is 1. The number of halogens is 1. The monoisotopic (exact) mass is 304 g/mol. The quantitative estimate of drug-likeness (QED) is 0.904. The summed E-state index contributed by atoms with van der Waals surface area (Å²) in [6.45, 7) is 3.13. The van der Waals surface area contributed by atoms with E-state index in [9.17, 15) is 4.79 Å². The zero-order chi connectivity index (χ0) is 11.5. The molecule has 2 heterocycles. The molecule has 0 aromatic carbocycles. The first-order chi connectivity index (χ1) is 7.72. The average molecular weight is 305 g/mol. The first kappa shape index (κ1) is 11.9. The van der Waals surface area contributed by atoms with Crippen LogP contribution in [0.4, 0.5) is 5.69 Å². The van der Waals surface area contributed by atoms with E-state index in [1.807, 2.05) is 6.07 Å². The van der Waals surface area contributed by atoms with Crippen LogP contribution in [-0.2, 0) is 4.74 Å². The second-order valence-corrected chi connectivity index (χ2v) is 5.87. The molecule has 1 aromatic rings. The largest absolute Gasteiger partial charge is 0.378 e. The number of ether oxygens (including phenoxy) is 1. The van der Waals surface area contributed by atoms with Crippen molar-refractivity contribution in [3.63, 3.8) is 0 Å². The molecule has 16 heavy (non-hydrogen) atoms. The standard InChI is InChI=1S/C10H13BrN2O2S/c1-12-10(14)9-7(6-8(11)16-9)13-2-4-15-5-3-13/h6H,2-5H2,1H3,(H,12,14). The van der Waals surface area contributed by atoms with E-state index in [1.165, 1.54) is 11.3 Å². The van der Waals surface area contributed by atoms with Gasteiger partial charge in [0.2, 0.25) is 0 Å². The van der Waals surface area contributed by atoms with Crippen molar-refractivity contribution in [1.29, 1.82) is 0 Å². The van der Waals surface area contributed by atoms with Crippen molar-refractivity contribution in [3.05, 3.63) is 14.7 Å². The van der Waals surface area contributed by atoms with Crippen LogP contribution in [0.1, 0.15) is 9.67 Å². The van der Waals surface area contributed by atoms with Crippen molar-refractivity contribution in [2.45, 2.75) is 0 Å². The number of hydrogen-bond acceptors (Lipinski definition) is 4. The zero-order valence-corrected chi connectivity index (χ0v) is 11.4. The number of amides is 1. The summed E-state index contributed by atoms with van der Waals surface area (Å²) in [6, 6.07) is 2.00. The lowest BCUT2D eigenvalue weighted by Gasteiger charge is -2.28. The minimum absolute atomic E-state index is 0.0304. The van der Waals surface area contributed by atoms with Crippen LogP contribution in [-0.4, -0.2) is 39.3 Å². The van der Waals surface area contributed by atoms with Crippen molar-refractivity contribution >= 4 is 38.9 Å². The molecule has 0 radical (unpaired) electrons. The molecular formula is C10H13BrN2O2S. The van der Waals surface area contributed by atoms with E-state index in [4.69, 9.17) is 4.74 Å². The van der Waals surface area contributed by atoms with Crippen molar-refractivity contribution in [2.75, 3.05) is 38.3 Å². The fourth-order valence-electron chi connectivity index (χ4n) is 1.67. The smallest absolute Gasteiger partial charge is 0.263 e. The Morgan fingerprint density at radius 2 is 2.25 bits per heavy atom. The lowest BCUT2D eigenvalue weighted by atomic mass is 10.3. The lowest BCUT2D eigenvalue weighted by molar-refractivity contribution is 0.0965. The fourth-order valence-corrected chi connectivity index (χ4v) is 3.22. The van der Waals surface area contributed by atoms with Gasteiger partial charge < -0.3 is 15.0 Å². The van der Waals surface area contributed by atoms with Crippen LogP contribution in [0, 0.1) is 0 Å². The minimum atomic E-state index is -0.0304. The number of carbonyl (C=O) groups is 1. The summed E-state index contributed by atoms with van der Waals surface area (Å²) in [5, 5.41) is 2.67. The molecule has 0 saturated carbocycles. The number of nitrogens with zero attached hydrogens (tertiary/aromatic N) is 1. The second-order valence-electron chi connectivity index (χ2n) is 3.44. The molecule has 1 aromatic heterocycles. The van der Waals surface area contributed by atoms with Crippen LogP contribution in [0.3, 0.4) is 0 Å². The van der Waals surface area contributed by atoms with Crippen LogP contribution in [0.25, 0.3) is 0 Å². The zero-order valence-electron chi connectivity index (χ0n) is 8.96. The van der Waals surface area contributed by atoms with Gasteiger partial charge in [-0.2, -0.15) is 0 Å². The van der Waals surface area contributed by atoms with Gasteiger partial charge in [-0.05, 0) is 22.0 Å². The molecule has 1 amide bonds. The number of carbonyl (C=O) groups excluding carboxylic acids is 1. The lowest BCUT2D eigenvalue weighted by Crippen LogP contribution is -2.37. The van der Waals surface area contributed by atoms with Gasteiger partial charge in [0.1, 0.15) is 4.88 Å². The minimum Gasteiger partial charge on any atom is -0.378 e. The summed E-state index contributed by atoms with van der Waals surface area (Å²) < 4.78 is 6.28. The molecule has 0 bridgehead atoms. The van der Waals surface area contributed by atoms with E-state index in [0.29, 0.717) is 0 Å². The molecule has 1 N–H and O–H groups in total. The average Bonchev–Trinajstić information content (AvgIpc) is 2.71. The molecule has 6 heteroatoms. The molecule has 1 fully saturated rings. The van der Waals surface area contributed by atoms with E-state index in [0.717, 1.165) is 40.7 Å². The highest BCUT2D eigenvalue weighted by Crippen LogP contribution is 2.34. The Bertz CT molecular complexity index is 388. The molecule has 1 saturated heterocycles. The first-order valence-corrected chi connectivity index (χ1v) is 6.67. The molecule has 2 rings (SSSR count). The Balaban J connectivity index is 2.27. The molecule has 0 aliphatic carbocycles. The summed E-state index contributed by atoms with van der Waals surface area (Å²) in [5.74, 6) is -0.0304. The van der Waals surface area contributed by atoms with Crippen LogP contribution < -0.4 is 10.2 Å².